The zero-order valence-corrected chi connectivity index (χ0v) is 16.0. The van der Waals surface area contributed by atoms with E-state index in [1.807, 2.05) is 19.1 Å². The molecule has 142 valence electrons. The maximum atomic E-state index is 11.4. The van der Waals surface area contributed by atoms with Gasteiger partial charge in [-0.25, -0.2) is 0 Å². The van der Waals surface area contributed by atoms with E-state index < -0.39 is 0 Å². The standard InChI is InChI=1S/C22H36O3/c1-3-5-6-7-11-18(24)13-14-20-19(21-15-16-22(20)25-21)12-9-8-10-17(23)4-2/h8-9,13-14,18-22,24H,3-7,10-12,15-16H2,1-2H3/t18?,19-,20+,21-,22+/m1/s1. The van der Waals surface area contributed by atoms with Gasteiger partial charge in [-0.2, -0.15) is 0 Å². The number of ketones is 1. The number of hydrogen-bond acceptors (Lipinski definition) is 3. The molecule has 5 atom stereocenters. The number of hydrogen-bond donors (Lipinski definition) is 1. The van der Waals surface area contributed by atoms with Crippen molar-refractivity contribution < 1.29 is 14.6 Å². The Morgan fingerprint density at radius 3 is 2.72 bits per heavy atom. The quantitative estimate of drug-likeness (QED) is 0.399. The number of rotatable bonds is 12. The molecular formula is C22H36O3. The molecule has 2 aliphatic heterocycles. The average molecular weight is 349 g/mol. The Bertz CT molecular complexity index is 454. The third-order valence-corrected chi connectivity index (χ3v) is 5.71. The Kier molecular flexibility index (Phi) is 8.91. The fourth-order valence-electron chi connectivity index (χ4n) is 4.13. The van der Waals surface area contributed by atoms with Gasteiger partial charge in [0.1, 0.15) is 5.78 Å². The molecule has 0 aliphatic carbocycles. The summed E-state index contributed by atoms with van der Waals surface area (Å²) in [6.45, 7) is 4.12. The summed E-state index contributed by atoms with van der Waals surface area (Å²) in [5.41, 5.74) is 0. The van der Waals surface area contributed by atoms with Crippen molar-refractivity contribution in [2.75, 3.05) is 0 Å². The van der Waals surface area contributed by atoms with E-state index in [4.69, 9.17) is 4.74 Å². The zero-order chi connectivity index (χ0) is 18.1. The largest absolute Gasteiger partial charge is 0.389 e. The number of aliphatic hydroxyl groups excluding tert-OH is 1. The Hall–Kier alpha value is -0.930. The third-order valence-electron chi connectivity index (χ3n) is 5.71. The number of Topliss-reactive ketones (excluding diaryl/α,β-unsaturated/α-hetero) is 1. The summed E-state index contributed by atoms with van der Waals surface area (Å²) in [6, 6.07) is 0. The van der Waals surface area contributed by atoms with Crippen LogP contribution in [0.25, 0.3) is 0 Å². The first-order valence-corrected chi connectivity index (χ1v) is 10.3. The van der Waals surface area contributed by atoms with Crippen LogP contribution in [0, 0.1) is 11.8 Å². The van der Waals surface area contributed by atoms with Gasteiger partial charge in [0.15, 0.2) is 0 Å². The van der Waals surface area contributed by atoms with Crippen molar-refractivity contribution in [2.45, 2.75) is 96.4 Å². The topological polar surface area (TPSA) is 46.5 Å². The number of allylic oxidation sites excluding steroid dienone is 2. The summed E-state index contributed by atoms with van der Waals surface area (Å²) in [7, 11) is 0. The molecule has 3 nitrogen and oxygen atoms in total. The van der Waals surface area contributed by atoms with Crippen LogP contribution >= 0.6 is 0 Å². The first-order chi connectivity index (χ1) is 12.2. The Morgan fingerprint density at radius 1 is 1.16 bits per heavy atom. The van der Waals surface area contributed by atoms with Gasteiger partial charge in [0.25, 0.3) is 0 Å². The zero-order valence-electron chi connectivity index (χ0n) is 16.0. The van der Waals surface area contributed by atoms with Crippen LogP contribution in [-0.4, -0.2) is 29.2 Å². The predicted molar refractivity (Wildman–Crippen MR) is 102 cm³/mol. The molecule has 2 aliphatic rings. The highest BCUT2D eigenvalue weighted by molar-refractivity contribution is 5.79. The lowest BCUT2D eigenvalue weighted by atomic mass is 9.77. The number of ether oxygens (including phenoxy) is 1. The Morgan fingerprint density at radius 2 is 1.96 bits per heavy atom. The summed E-state index contributed by atoms with van der Waals surface area (Å²) in [6.07, 6.45) is 18.8. The maximum absolute atomic E-state index is 11.4. The van der Waals surface area contributed by atoms with Crippen LogP contribution in [0.1, 0.15) is 78.1 Å². The van der Waals surface area contributed by atoms with E-state index in [1.165, 1.54) is 19.3 Å². The number of fused-ring (bicyclic) bond motifs is 2. The molecule has 0 aromatic heterocycles. The van der Waals surface area contributed by atoms with Gasteiger partial charge in [-0.15, -0.1) is 0 Å². The number of aliphatic hydroxyl groups is 1. The van der Waals surface area contributed by atoms with Gasteiger partial charge >= 0.3 is 0 Å². The van der Waals surface area contributed by atoms with E-state index in [2.05, 4.69) is 19.1 Å². The highest BCUT2D eigenvalue weighted by Gasteiger charge is 2.46. The van der Waals surface area contributed by atoms with Crippen LogP contribution in [0.15, 0.2) is 24.3 Å². The molecule has 2 rings (SSSR count). The second-order valence-corrected chi connectivity index (χ2v) is 7.64. The van der Waals surface area contributed by atoms with Crippen molar-refractivity contribution in [3.8, 4) is 0 Å². The number of carbonyl (C=O) groups is 1. The molecule has 2 saturated heterocycles. The van der Waals surface area contributed by atoms with Crippen molar-refractivity contribution in [3.05, 3.63) is 24.3 Å². The minimum atomic E-state index is -0.325. The predicted octanol–water partition coefficient (Wildman–Crippen LogP) is 4.98. The minimum absolute atomic E-state index is 0.295. The molecule has 0 aromatic rings. The van der Waals surface area contributed by atoms with Crippen LogP contribution in [0.2, 0.25) is 0 Å². The molecule has 2 bridgehead atoms. The molecule has 25 heavy (non-hydrogen) atoms. The van der Waals surface area contributed by atoms with Crippen LogP contribution < -0.4 is 0 Å². The Balaban J connectivity index is 1.80. The first kappa shape index (κ1) is 20.4. The smallest absolute Gasteiger partial charge is 0.136 e. The van der Waals surface area contributed by atoms with Gasteiger partial charge < -0.3 is 9.84 Å². The third kappa shape index (κ3) is 6.38. The lowest BCUT2D eigenvalue weighted by Crippen LogP contribution is -2.25. The molecule has 0 amide bonds. The second-order valence-electron chi connectivity index (χ2n) is 7.64. The van der Waals surface area contributed by atoms with Crippen molar-refractivity contribution in [1.82, 2.24) is 0 Å². The van der Waals surface area contributed by atoms with Crippen molar-refractivity contribution in [1.29, 1.82) is 0 Å². The van der Waals surface area contributed by atoms with E-state index >= 15 is 0 Å². The summed E-state index contributed by atoms with van der Waals surface area (Å²) in [5, 5.41) is 10.2. The fourth-order valence-corrected chi connectivity index (χ4v) is 4.13. The monoisotopic (exact) mass is 348 g/mol. The molecule has 3 heteroatoms. The lowest BCUT2D eigenvalue weighted by Gasteiger charge is -2.25. The SMILES string of the molecule is CCCCCCC(O)C=C[C@H]1[C@@H](CC=CCC(=O)CC)[C@H]2CC[C@@H]1O2. The van der Waals surface area contributed by atoms with Gasteiger partial charge in [0.2, 0.25) is 0 Å². The van der Waals surface area contributed by atoms with Gasteiger partial charge in [-0.05, 0) is 31.6 Å². The fraction of sp³-hybridized carbons (Fsp3) is 0.773. The lowest BCUT2D eigenvalue weighted by molar-refractivity contribution is -0.117. The second kappa shape index (κ2) is 10.9. The van der Waals surface area contributed by atoms with Crippen molar-refractivity contribution >= 4 is 5.78 Å². The Labute approximate surface area is 153 Å². The summed E-state index contributed by atoms with van der Waals surface area (Å²) < 4.78 is 6.11. The van der Waals surface area contributed by atoms with E-state index in [0.717, 1.165) is 32.1 Å². The molecule has 2 heterocycles. The van der Waals surface area contributed by atoms with Crippen LogP contribution in [-0.2, 0) is 9.53 Å². The molecule has 0 spiro atoms. The van der Waals surface area contributed by atoms with E-state index in [-0.39, 0.29) is 6.10 Å². The van der Waals surface area contributed by atoms with Crippen molar-refractivity contribution in [3.63, 3.8) is 0 Å². The normalized spacial score (nSPS) is 29.9. The van der Waals surface area contributed by atoms with Gasteiger partial charge in [-0.1, -0.05) is 63.8 Å². The average Bonchev–Trinajstić information content (AvgIpc) is 3.22. The molecule has 0 aromatic carbocycles. The maximum Gasteiger partial charge on any atom is 0.136 e. The van der Waals surface area contributed by atoms with Gasteiger partial charge in [0, 0.05) is 18.8 Å². The van der Waals surface area contributed by atoms with Crippen LogP contribution in [0.5, 0.6) is 0 Å². The van der Waals surface area contributed by atoms with Crippen LogP contribution in [0.3, 0.4) is 0 Å². The molecule has 0 radical (unpaired) electrons. The first-order valence-electron chi connectivity index (χ1n) is 10.3. The van der Waals surface area contributed by atoms with Crippen LogP contribution in [0.4, 0.5) is 0 Å². The summed E-state index contributed by atoms with van der Waals surface area (Å²) in [5.74, 6) is 1.20. The minimum Gasteiger partial charge on any atom is -0.389 e. The molecular weight excluding hydrogens is 312 g/mol. The molecule has 2 fully saturated rings. The number of unbranched alkanes of at least 4 members (excludes halogenated alkanes) is 3. The van der Waals surface area contributed by atoms with E-state index in [9.17, 15) is 9.90 Å². The summed E-state index contributed by atoms with van der Waals surface area (Å²) in [4.78, 5) is 11.4. The molecule has 1 unspecified atom stereocenters. The molecule has 0 saturated carbocycles. The van der Waals surface area contributed by atoms with Gasteiger partial charge in [-0.3, -0.25) is 4.79 Å². The summed E-state index contributed by atoms with van der Waals surface area (Å²) >= 11 is 0. The highest BCUT2D eigenvalue weighted by Crippen LogP contribution is 2.45. The van der Waals surface area contributed by atoms with Gasteiger partial charge in [0.05, 0.1) is 18.3 Å². The molecule has 1 N–H and O–H groups in total. The van der Waals surface area contributed by atoms with Crippen molar-refractivity contribution in [2.24, 2.45) is 11.8 Å². The van der Waals surface area contributed by atoms with E-state index in [0.29, 0.717) is 42.7 Å². The number of carbonyl (C=O) groups excluding carboxylic acids is 1. The highest BCUT2D eigenvalue weighted by atomic mass is 16.5. The van der Waals surface area contributed by atoms with E-state index in [1.54, 1.807) is 0 Å².